The van der Waals surface area contributed by atoms with Crippen LogP contribution in [-0.4, -0.2) is 24.8 Å². The Kier molecular flexibility index (Phi) is 6.30. The molecule has 4 nitrogen and oxygen atoms in total. The first-order valence-electron chi connectivity index (χ1n) is 9.58. The molecule has 0 bridgehead atoms. The molecule has 27 heavy (non-hydrogen) atoms. The number of hydrogen-bond donors (Lipinski definition) is 1. The Morgan fingerprint density at radius 3 is 2.74 bits per heavy atom. The molecule has 5 heteroatoms. The Balaban J connectivity index is 0.00000210. The third-order valence-corrected chi connectivity index (χ3v) is 5.70. The van der Waals surface area contributed by atoms with Gasteiger partial charge in [0.2, 0.25) is 0 Å². The highest BCUT2D eigenvalue weighted by Gasteiger charge is 2.33. The third kappa shape index (κ3) is 4.08. The van der Waals surface area contributed by atoms with Crippen molar-refractivity contribution in [1.29, 1.82) is 0 Å². The number of nitrogens with zero attached hydrogens (tertiary/aromatic N) is 1. The van der Waals surface area contributed by atoms with E-state index in [2.05, 4.69) is 49.4 Å². The average Bonchev–Trinajstić information content (AvgIpc) is 3.03. The second-order valence-electron chi connectivity index (χ2n) is 7.61. The van der Waals surface area contributed by atoms with Gasteiger partial charge in [0.25, 0.3) is 0 Å². The van der Waals surface area contributed by atoms with Crippen LogP contribution in [0.5, 0.6) is 11.5 Å². The fourth-order valence-electron chi connectivity index (χ4n) is 4.56. The van der Waals surface area contributed by atoms with Crippen LogP contribution in [0.4, 0.5) is 0 Å². The number of hydrazine groups is 1. The first-order chi connectivity index (χ1) is 12.7. The molecule has 0 spiro atoms. The Labute approximate surface area is 168 Å². The van der Waals surface area contributed by atoms with Gasteiger partial charge in [0.05, 0.1) is 13.2 Å². The molecule has 2 aromatic carbocycles. The molecule has 0 radical (unpaired) electrons. The van der Waals surface area contributed by atoms with E-state index in [1.807, 2.05) is 5.01 Å². The van der Waals surface area contributed by atoms with Crippen molar-refractivity contribution in [3.8, 4) is 11.5 Å². The highest BCUT2D eigenvalue weighted by Crippen LogP contribution is 2.42. The van der Waals surface area contributed by atoms with Crippen LogP contribution in [0, 0.1) is 5.92 Å². The summed E-state index contributed by atoms with van der Waals surface area (Å²) in [6.07, 6.45) is 4.45. The lowest BCUT2D eigenvalue weighted by Crippen LogP contribution is -2.44. The summed E-state index contributed by atoms with van der Waals surface area (Å²) in [6.45, 7) is 3.07. The molecule has 0 saturated carbocycles. The van der Waals surface area contributed by atoms with Crippen molar-refractivity contribution < 1.29 is 9.47 Å². The SMILES string of the molecule is COc1cc2c(c(C[C@@H]3CCCN(N)[C@@H]3c3ccccc3)c1)OC(C)C2.Cl. The van der Waals surface area contributed by atoms with Crippen molar-refractivity contribution in [2.75, 3.05) is 13.7 Å². The first kappa shape index (κ1) is 20.0. The van der Waals surface area contributed by atoms with Crippen LogP contribution in [0.15, 0.2) is 42.5 Å². The summed E-state index contributed by atoms with van der Waals surface area (Å²) >= 11 is 0. The molecule has 1 saturated heterocycles. The molecule has 1 fully saturated rings. The van der Waals surface area contributed by atoms with E-state index in [-0.39, 0.29) is 24.6 Å². The summed E-state index contributed by atoms with van der Waals surface area (Å²) in [4.78, 5) is 0. The molecule has 1 unspecified atom stereocenters. The molecule has 0 aromatic heterocycles. The van der Waals surface area contributed by atoms with Crippen molar-refractivity contribution in [2.45, 2.75) is 44.8 Å². The van der Waals surface area contributed by atoms with Crippen molar-refractivity contribution in [3.63, 3.8) is 0 Å². The number of halogens is 1. The fraction of sp³-hybridized carbons (Fsp3) is 0.455. The van der Waals surface area contributed by atoms with E-state index in [1.54, 1.807) is 7.11 Å². The Morgan fingerprint density at radius 1 is 1.22 bits per heavy atom. The summed E-state index contributed by atoms with van der Waals surface area (Å²) in [7, 11) is 1.74. The van der Waals surface area contributed by atoms with E-state index in [1.165, 1.54) is 23.1 Å². The van der Waals surface area contributed by atoms with E-state index in [9.17, 15) is 0 Å². The van der Waals surface area contributed by atoms with Crippen molar-refractivity contribution in [2.24, 2.45) is 11.8 Å². The van der Waals surface area contributed by atoms with E-state index in [0.717, 1.165) is 37.3 Å². The Bertz CT molecular complexity index is 768. The monoisotopic (exact) mass is 388 g/mol. The summed E-state index contributed by atoms with van der Waals surface area (Å²) in [6, 6.07) is 15.2. The second-order valence-corrected chi connectivity index (χ2v) is 7.61. The van der Waals surface area contributed by atoms with Crippen LogP contribution in [-0.2, 0) is 12.8 Å². The minimum atomic E-state index is 0. The van der Waals surface area contributed by atoms with Crippen LogP contribution in [0.2, 0.25) is 0 Å². The third-order valence-electron chi connectivity index (χ3n) is 5.70. The molecule has 2 aliphatic rings. The second kappa shape index (κ2) is 8.51. The molecule has 0 aliphatic carbocycles. The number of piperidine rings is 1. The molecule has 0 amide bonds. The zero-order valence-electron chi connectivity index (χ0n) is 16.1. The Hall–Kier alpha value is -1.75. The topological polar surface area (TPSA) is 47.7 Å². The smallest absolute Gasteiger partial charge is 0.126 e. The summed E-state index contributed by atoms with van der Waals surface area (Å²) in [5, 5.41) is 2.02. The maximum absolute atomic E-state index is 6.42. The summed E-state index contributed by atoms with van der Waals surface area (Å²) in [5.41, 5.74) is 3.82. The van der Waals surface area contributed by atoms with Crippen LogP contribution in [0.1, 0.15) is 42.5 Å². The van der Waals surface area contributed by atoms with Crippen molar-refractivity contribution >= 4 is 12.4 Å². The van der Waals surface area contributed by atoms with E-state index < -0.39 is 0 Å². The van der Waals surface area contributed by atoms with Gasteiger partial charge < -0.3 is 9.47 Å². The maximum atomic E-state index is 6.42. The quantitative estimate of drug-likeness (QED) is 0.793. The minimum Gasteiger partial charge on any atom is -0.497 e. The normalized spacial score (nSPS) is 24.6. The van der Waals surface area contributed by atoms with E-state index >= 15 is 0 Å². The van der Waals surface area contributed by atoms with E-state index in [4.69, 9.17) is 15.3 Å². The van der Waals surface area contributed by atoms with Crippen LogP contribution in [0.25, 0.3) is 0 Å². The molecule has 146 valence electrons. The molecular formula is C22H29ClN2O2. The molecule has 4 rings (SSSR count). The predicted octanol–water partition coefficient (Wildman–Crippen LogP) is 4.31. The summed E-state index contributed by atoms with van der Waals surface area (Å²) in [5.74, 6) is 8.88. The van der Waals surface area contributed by atoms with Gasteiger partial charge in [-0.05, 0) is 55.4 Å². The van der Waals surface area contributed by atoms with Crippen LogP contribution < -0.4 is 15.3 Å². The highest BCUT2D eigenvalue weighted by atomic mass is 35.5. The first-order valence-corrected chi connectivity index (χ1v) is 9.58. The number of fused-ring (bicyclic) bond motifs is 1. The van der Waals surface area contributed by atoms with Crippen molar-refractivity contribution in [1.82, 2.24) is 5.01 Å². The van der Waals surface area contributed by atoms with Gasteiger partial charge in [-0.15, -0.1) is 12.4 Å². The molecule has 2 heterocycles. The van der Waals surface area contributed by atoms with Gasteiger partial charge >= 0.3 is 0 Å². The fourth-order valence-corrected chi connectivity index (χ4v) is 4.56. The average molecular weight is 389 g/mol. The number of hydrogen-bond acceptors (Lipinski definition) is 4. The van der Waals surface area contributed by atoms with Gasteiger partial charge in [0.15, 0.2) is 0 Å². The zero-order chi connectivity index (χ0) is 18.1. The lowest BCUT2D eigenvalue weighted by Gasteiger charge is -2.39. The van der Waals surface area contributed by atoms with Gasteiger partial charge in [-0.3, -0.25) is 5.84 Å². The predicted molar refractivity (Wildman–Crippen MR) is 111 cm³/mol. The minimum absolute atomic E-state index is 0. The lowest BCUT2D eigenvalue weighted by atomic mass is 9.81. The summed E-state index contributed by atoms with van der Waals surface area (Å²) < 4.78 is 11.7. The molecule has 3 atom stereocenters. The number of benzene rings is 2. The van der Waals surface area contributed by atoms with Crippen LogP contribution in [0.3, 0.4) is 0 Å². The van der Waals surface area contributed by atoms with Gasteiger partial charge in [-0.2, -0.15) is 0 Å². The highest BCUT2D eigenvalue weighted by molar-refractivity contribution is 5.85. The molecule has 2 N–H and O–H groups in total. The van der Waals surface area contributed by atoms with Gasteiger partial charge in [0.1, 0.15) is 17.6 Å². The Morgan fingerprint density at radius 2 is 2.00 bits per heavy atom. The largest absolute Gasteiger partial charge is 0.497 e. The zero-order valence-corrected chi connectivity index (χ0v) is 16.9. The van der Waals surface area contributed by atoms with Gasteiger partial charge in [-0.1, -0.05) is 30.3 Å². The standard InChI is InChI=1S/C22H28N2O2.ClH/c1-15-11-18-13-20(25-2)14-19(22(18)26-15)12-17-9-6-10-24(23)21(17)16-7-4-3-5-8-16;/h3-5,7-8,13-15,17,21H,6,9-12,23H2,1-2H3;1H/t15?,17-,21+;/m0./s1. The van der Waals surface area contributed by atoms with Crippen molar-refractivity contribution in [3.05, 3.63) is 59.2 Å². The van der Waals surface area contributed by atoms with Crippen LogP contribution >= 0.6 is 12.4 Å². The molecule has 2 aliphatic heterocycles. The number of ether oxygens (including phenoxy) is 2. The maximum Gasteiger partial charge on any atom is 0.126 e. The molecule has 2 aromatic rings. The van der Waals surface area contributed by atoms with E-state index in [0.29, 0.717) is 5.92 Å². The number of nitrogens with two attached hydrogens (primary N) is 1. The van der Waals surface area contributed by atoms with Gasteiger partial charge in [-0.25, -0.2) is 5.01 Å². The van der Waals surface area contributed by atoms with Gasteiger partial charge in [0, 0.05) is 18.5 Å². The number of methoxy groups -OCH3 is 1. The number of rotatable bonds is 4. The lowest BCUT2D eigenvalue weighted by molar-refractivity contribution is 0.0920. The molecular weight excluding hydrogens is 360 g/mol.